The molecule has 11 nitrogen and oxygen atoms in total. The lowest BCUT2D eigenvalue weighted by molar-refractivity contribution is -0.153. The van der Waals surface area contributed by atoms with Gasteiger partial charge in [0, 0.05) is 87.8 Å². The van der Waals surface area contributed by atoms with Crippen molar-refractivity contribution in [2.24, 2.45) is 10.8 Å². The number of H-pyrrole nitrogens is 1. The molecule has 0 radical (unpaired) electrons. The number of amides is 1. The molecule has 55 heavy (non-hydrogen) atoms. The van der Waals surface area contributed by atoms with Crippen LogP contribution < -0.4 is 14.5 Å². The lowest BCUT2D eigenvalue weighted by atomic mass is 9.72. The number of aromatic nitrogens is 4. The highest BCUT2D eigenvalue weighted by molar-refractivity contribution is 6.06. The number of methoxy groups -OCH3 is 1. The molecular weight excluding hydrogens is 709 g/mol. The van der Waals surface area contributed by atoms with Crippen molar-refractivity contribution in [3.05, 3.63) is 48.2 Å². The van der Waals surface area contributed by atoms with Gasteiger partial charge < -0.3 is 24.2 Å². The van der Waals surface area contributed by atoms with Gasteiger partial charge in [0.2, 0.25) is 11.9 Å². The summed E-state index contributed by atoms with van der Waals surface area (Å²) in [5.74, 6) is 1.57. The van der Waals surface area contributed by atoms with Crippen molar-refractivity contribution in [2.45, 2.75) is 57.5 Å². The molecule has 1 saturated carbocycles. The van der Waals surface area contributed by atoms with Crippen LogP contribution in [-0.4, -0.2) is 121 Å². The molecule has 2 aromatic heterocycles. The maximum atomic E-state index is 14.2. The summed E-state index contributed by atoms with van der Waals surface area (Å²) in [6, 6.07) is 6.08. The molecule has 9 rings (SSSR count). The van der Waals surface area contributed by atoms with Crippen molar-refractivity contribution >= 4 is 39.5 Å². The highest BCUT2D eigenvalue weighted by atomic mass is 19.4. The fourth-order valence-corrected chi connectivity index (χ4v) is 9.67. The number of ether oxygens (including phenoxy) is 2. The van der Waals surface area contributed by atoms with E-state index in [-0.39, 0.29) is 28.4 Å². The molecule has 0 atom stereocenters. The third-order valence-electron chi connectivity index (χ3n) is 12.9. The number of halogens is 3. The monoisotopic (exact) mass is 758 g/mol. The third kappa shape index (κ3) is 6.68. The highest BCUT2D eigenvalue weighted by Crippen LogP contribution is 2.54. The van der Waals surface area contributed by atoms with E-state index in [1.165, 1.54) is 6.08 Å². The largest absolute Gasteiger partial charge is 0.481 e. The van der Waals surface area contributed by atoms with Crippen molar-refractivity contribution in [2.75, 3.05) is 89.0 Å². The molecule has 4 aromatic rings. The van der Waals surface area contributed by atoms with Gasteiger partial charge in [-0.3, -0.25) is 14.8 Å². The van der Waals surface area contributed by atoms with Gasteiger partial charge in [0.25, 0.3) is 0 Å². The summed E-state index contributed by atoms with van der Waals surface area (Å²) in [6.45, 7) is 12.3. The minimum Gasteiger partial charge on any atom is -0.481 e. The van der Waals surface area contributed by atoms with Crippen LogP contribution in [0.25, 0.3) is 32.9 Å². The second-order valence-corrected chi connectivity index (χ2v) is 16.8. The van der Waals surface area contributed by atoms with Crippen molar-refractivity contribution < 1.29 is 27.4 Å². The van der Waals surface area contributed by atoms with Crippen LogP contribution in [0.4, 0.5) is 24.9 Å². The molecule has 6 heterocycles. The maximum absolute atomic E-state index is 14.2. The molecule has 2 aromatic carbocycles. The van der Waals surface area contributed by atoms with Crippen LogP contribution in [-0.2, 0) is 9.53 Å². The van der Waals surface area contributed by atoms with Crippen molar-refractivity contribution in [1.82, 2.24) is 30.0 Å². The molecule has 0 bridgehead atoms. The van der Waals surface area contributed by atoms with E-state index in [9.17, 15) is 18.0 Å². The summed E-state index contributed by atoms with van der Waals surface area (Å²) in [6.07, 6.45) is 4.19. The minimum absolute atomic E-state index is 0.0384. The van der Waals surface area contributed by atoms with Gasteiger partial charge in [-0.25, -0.2) is 4.98 Å². The van der Waals surface area contributed by atoms with E-state index in [0.29, 0.717) is 30.1 Å². The average molecular weight is 759 g/mol. The first-order valence-corrected chi connectivity index (χ1v) is 19.6. The number of carbonyl (C=O) groups excluding carboxylic acids is 1. The number of aryl methyl sites for hydroxylation is 1. The summed E-state index contributed by atoms with van der Waals surface area (Å²) in [7, 11) is 1.73. The van der Waals surface area contributed by atoms with Crippen LogP contribution in [0.1, 0.15) is 55.6 Å². The first kappa shape index (κ1) is 36.2. The predicted octanol–water partition coefficient (Wildman–Crippen LogP) is 6.46. The van der Waals surface area contributed by atoms with Gasteiger partial charge in [-0.2, -0.15) is 23.3 Å². The van der Waals surface area contributed by atoms with Gasteiger partial charge in [-0.05, 0) is 91.7 Å². The fraction of sp³-hybridized carbons (Fsp3) is 0.561. The maximum Gasteiger partial charge on any atom is 0.422 e. The number of fused-ring (bicyclic) bond motifs is 2. The number of rotatable bonds is 10. The molecule has 5 aliphatic rings. The van der Waals surface area contributed by atoms with E-state index >= 15 is 0 Å². The second-order valence-electron chi connectivity index (χ2n) is 16.8. The number of carbonyl (C=O) groups is 1. The third-order valence-corrected chi connectivity index (χ3v) is 12.9. The molecule has 1 aliphatic carbocycles. The number of hydrogen-bond acceptors (Lipinski definition) is 9. The fourth-order valence-electron chi connectivity index (χ4n) is 9.67. The molecule has 4 saturated heterocycles. The quantitative estimate of drug-likeness (QED) is 0.183. The van der Waals surface area contributed by atoms with Crippen LogP contribution in [0.2, 0.25) is 0 Å². The first-order chi connectivity index (χ1) is 26.5. The number of piperidine rings is 2. The van der Waals surface area contributed by atoms with E-state index in [2.05, 4.69) is 37.5 Å². The van der Waals surface area contributed by atoms with E-state index in [4.69, 9.17) is 19.4 Å². The number of likely N-dealkylation sites (tertiary alicyclic amines) is 2. The van der Waals surface area contributed by atoms with Crippen LogP contribution in [0.15, 0.2) is 37.1 Å². The number of nitrogens with zero attached hydrogens (tertiary/aromatic N) is 7. The zero-order valence-electron chi connectivity index (χ0n) is 31.7. The first-order valence-electron chi connectivity index (χ1n) is 19.6. The van der Waals surface area contributed by atoms with Gasteiger partial charge >= 0.3 is 6.18 Å². The standard InChI is InChI=1S/C41H49F3N8O3/c1-4-32(53)52-23-40(24-52)9-13-50(14-10-40)37-29-19-28(27-6-7-27)34(33-26(2)5-8-31-30(33)20-45-48-31)36(55-25-41(42,43)44)35(29)46-38(47-37)51-15-11-39(12-16-51)21-49(22-39)17-18-54-3/h4-5,8,19-20,27H,1,6-7,9-18,21-25H2,2-3H3,(H,45,48). The smallest absolute Gasteiger partial charge is 0.422 e. The Morgan fingerprint density at radius 1 is 0.982 bits per heavy atom. The molecule has 292 valence electrons. The molecule has 4 aliphatic heterocycles. The lowest BCUT2D eigenvalue weighted by Crippen LogP contribution is -2.61. The molecule has 14 heteroatoms. The summed E-state index contributed by atoms with van der Waals surface area (Å²) in [4.78, 5) is 31.6. The van der Waals surface area contributed by atoms with Gasteiger partial charge in [0.05, 0.1) is 18.3 Å². The Morgan fingerprint density at radius 2 is 1.67 bits per heavy atom. The van der Waals surface area contributed by atoms with Crippen molar-refractivity contribution in [3.8, 4) is 16.9 Å². The van der Waals surface area contributed by atoms with Crippen molar-refractivity contribution in [3.63, 3.8) is 0 Å². The molecule has 1 amide bonds. The Hall–Kier alpha value is -4.43. The number of nitrogens with one attached hydrogen (secondary N) is 1. The Morgan fingerprint density at radius 3 is 2.33 bits per heavy atom. The SMILES string of the molecule is C=CC(=O)N1CC2(CCN(c3nc(N4CCC5(CC4)CN(CCOC)C5)nc4c(OCC(F)(F)F)c(-c5c(C)ccc6[nH]ncc56)c(C5CC5)cc34)CC2)C1. The Kier molecular flexibility index (Phi) is 8.99. The van der Waals surface area contributed by atoms with Crippen LogP contribution in [0, 0.1) is 17.8 Å². The summed E-state index contributed by atoms with van der Waals surface area (Å²) in [5, 5.41) is 8.91. The van der Waals surface area contributed by atoms with Gasteiger partial charge in [0.1, 0.15) is 11.3 Å². The Balaban J connectivity index is 1.15. The minimum atomic E-state index is -4.56. The number of hydrogen-bond donors (Lipinski definition) is 1. The number of anilines is 2. The molecule has 0 unspecified atom stereocenters. The van der Waals surface area contributed by atoms with Crippen LogP contribution in [0.3, 0.4) is 0 Å². The molecular formula is C41H49F3N8O3. The highest BCUT2D eigenvalue weighted by Gasteiger charge is 2.47. The van der Waals surface area contributed by atoms with Gasteiger partial charge in [0.15, 0.2) is 12.4 Å². The van der Waals surface area contributed by atoms with Crippen LogP contribution in [0.5, 0.6) is 5.75 Å². The predicted molar refractivity (Wildman–Crippen MR) is 206 cm³/mol. The summed E-state index contributed by atoms with van der Waals surface area (Å²) >= 11 is 0. The van der Waals surface area contributed by atoms with E-state index in [1.54, 1.807) is 13.3 Å². The normalized spacial score (nSPS) is 21.0. The number of benzene rings is 2. The number of alkyl halides is 3. The van der Waals surface area contributed by atoms with Crippen LogP contribution >= 0.6 is 0 Å². The average Bonchev–Trinajstić information content (AvgIpc) is 3.89. The van der Waals surface area contributed by atoms with E-state index in [1.807, 2.05) is 24.0 Å². The zero-order chi connectivity index (χ0) is 38.1. The zero-order valence-corrected chi connectivity index (χ0v) is 31.7. The lowest BCUT2D eigenvalue weighted by Gasteiger charge is -2.54. The molecule has 1 N–H and O–H groups in total. The van der Waals surface area contributed by atoms with E-state index in [0.717, 1.165) is 130 Å². The topological polar surface area (TPSA) is 103 Å². The van der Waals surface area contributed by atoms with Gasteiger partial charge in [-0.1, -0.05) is 12.6 Å². The summed E-state index contributed by atoms with van der Waals surface area (Å²) < 4.78 is 53.8. The van der Waals surface area contributed by atoms with Gasteiger partial charge in [-0.15, -0.1) is 0 Å². The Bertz CT molecular complexity index is 2120. The van der Waals surface area contributed by atoms with Crippen molar-refractivity contribution in [1.29, 1.82) is 0 Å². The molecule has 5 fully saturated rings. The van der Waals surface area contributed by atoms with E-state index < -0.39 is 12.8 Å². The molecule has 2 spiro atoms. The number of aromatic amines is 1. The Labute approximate surface area is 318 Å². The second kappa shape index (κ2) is 13.6. The summed E-state index contributed by atoms with van der Waals surface area (Å²) in [5.41, 5.74) is 4.89.